The third-order valence-electron chi connectivity index (χ3n) is 2.02. The molecule has 76 valence electrons. The Hall–Kier alpha value is -1.68. The summed E-state index contributed by atoms with van der Waals surface area (Å²) in [5.74, 6) is 0.569. The van der Waals surface area contributed by atoms with Gasteiger partial charge in [0.15, 0.2) is 6.29 Å². The fourth-order valence-corrected chi connectivity index (χ4v) is 1.55. The number of carbonyl (C=O) groups is 1. The van der Waals surface area contributed by atoms with Gasteiger partial charge in [-0.05, 0) is 17.7 Å². The first-order chi connectivity index (χ1) is 7.26. The van der Waals surface area contributed by atoms with Crippen molar-refractivity contribution in [3.8, 4) is 5.75 Å². The maximum atomic E-state index is 10.8. The molecule has 1 heterocycles. The van der Waals surface area contributed by atoms with Crippen LogP contribution in [0.4, 0.5) is 0 Å². The summed E-state index contributed by atoms with van der Waals surface area (Å²) in [6.07, 6.45) is 0.648. The summed E-state index contributed by atoms with van der Waals surface area (Å²) >= 11 is 5.69. The quantitative estimate of drug-likeness (QED) is 0.577. The SMILES string of the molecule is COc1cccc2c(C=O)nc(Cl)nc12. The molecule has 0 radical (unpaired) electrons. The van der Waals surface area contributed by atoms with E-state index >= 15 is 0 Å². The molecule has 0 amide bonds. The van der Waals surface area contributed by atoms with Crippen molar-refractivity contribution in [1.82, 2.24) is 9.97 Å². The molecule has 0 atom stereocenters. The largest absolute Gasteiger partial charge is 0.494 e. The van der Waals surface area contributed by atoms with Crippen LogP contribution in [0.25, 0.3) is 10.9 Å². The maximum absolute atomic E-state index is 10.8. The van der Waals surface area contributed by atoms with Crippen LogP contribution in [-0.2, 0) is 0 Å². The number of benzene rings is 1. The highest BCUT2D eigenvalue weighted by molar-refractivity contribution is 6.28. The van der Waals surface area contributed by atoms with Crippen molar-refractivity contribution in [2.45, 2.75) is 0 Å². The summed E-state index contributed by atoms with van der Waals surface area (Å²) in [6, 6.07) is 5.27. The molecule has 0 unspecified atom stereocenters. The minimum atomic E-state index is 0.0362. The summed E-state index contributed by atoms with van der Waals surface area (Å²) < 4.78 is 5.12. The number of para-hydroxylation sites is 1. The lowest BCUT2D eigenvalue weighted by molar-refractivity contribution is 0.112. The summed E-state index contributed by atoms with van der Waals surface area (Å²) in [4.78, 5) is 18.6. The Bertz CT molecular complexity index is 528. The zero-order valence-corrected chi connectivity index (χ0v) is 8.65. The van der Waals surface area contributed by atoms with Crippen LogP contribution >= 0.6 is 11.6 Å². The van der Waals surface area contributed by atoms with Crippen molar-refractivity contribution in [3.63, 3.8) is 0 Å². The monoisotopic (exact) mass is 222 g/mol. The van der Waals surface area contributed by atoms with Crippen molar-refractivity contribution in [3.05, 3.63) is 29.2 Å². The van der Waals surface area contributed by atoms with E-state index in [9.17, 15) is 4.79 Å². The van der Waals surface area contributed by atoms with Gasteiger partial charge in [-0.3, -0.25) is 4.79 Å². The second kappa shape index (κ2) is 3.82. The zero-order valence-electron chi connectivity index (χ0n) is 7.90. The highest BCUT2D eigenvalue weighted by Gasteiger charge is 2.09. The van der Waals surface area contributed by atoms with E-state index in [4.69, 9.17) is 16.3 Å². The predicted molar refractivity (Wildman–Crippen MR) is 56.5 cm³/mol. The third kappa shape index (κ3) is 1.64. The molecular formula is C10H7ClN2O2. The van der Waals surface area contributed by atoms with Gasteiger partial charge in [-0.25, -0.2) is 9.97 Å². The lowest BCUT2D eigenvalue weighted by Crippen LogP contribution is -1.95. The van der Waals surface area contributed by atoms with Crippen molar-refractivity contribution in [1.29, 1.82) is 0 Å². The number of hydrogen-bond donors (Lipinski definition) is 0. The Morgan fingerprint density at radius 2 is 2.20 bits per heavy atom. The fraction of sp³-hybridized carbons (Fsp3) is 0.100. The Balaban J connectivity index is 2.88. The van der Waals surface area contributed by atoms with Crippen molar-refractivity contribution < 1.29 is 9.53 Å². The normalized spacial score (nSPS) is 10.3. The molecular weight excluding hydrogens is 216 g/mol. The third-order valence-corrected chi connectivity index (χ3v) is 2.19. The Labute approximate surface area is 90.9 Å². The predicted octanol–water partition coefficient (Wildman–Crippen LogP) is 2.10. The fourth-order valence-electron chi connectivity index (χ4n) is 1.38. The molecule has 15 heavy (non-hydrogen) atoms. The molecule has 4 nitrogen and oxygen atoms in total. The van der Waals surface area contributed by atoms with Gasteiger partial charge < -0.3 is 4.74 Å². The van der Waals surface area contributed by atoms with Crippen LogP contribution in [0, 0.1) is 0 Å². The van der Waals surface area contributed by atoms with Crippen LogP contribution in [0.2, 0.25) is 5.28 Å². The van der Waals surface area contributed by atoms with Crippen LogP contribution in [0.15, 0.2) is 18.2 Å². The molecule has 1 aromatic heterocycles. The Morgan fingerprint density at radius 3 is 2.87 bits per heavy atom. The number of aldehydes is 1. The molecule has 0 spiro atoms. The lowest BCUT2D eigenvalue weighted by atomic mass is 10.2. The Kier molecular flexibility index (Phi) is 2.51. The second-order valence-corrected chi connectivity index (χ2v) is 3.19. The van der Waals surface area contributed by atoms with E-state index in [0.29, 0.717) is 22.9 Å². The first kappa shape index (κ1) is 9.86. The second-order valence-electron chi connectivity index (χ2n) is 2.85. The molecule has 2 rings (SSSR count). The number of hydrogen-bond acceptors (Lipinski definition) is 4. The summed E-state index contributed by atoms with van der Waals surface area (Å²) in [5.41, 5.74) is 0.811. The van der Waals surface area contributed by atoms with Gasteiger partial charge in [0.05, 0.1) is 7.11 Å². The van der Waals surface area contributed by atoms with Crippen LogP contribution < -0.4 is 4.74 Å². The van der Waals surface area contributed by atoms with Crippen molar-refractivity contribution in [2.75, 3.05) is 7.11 Å². The van der Waals surface area contributed by atoms with E-state index in [1.807, 2.05) is 0 Å². The van der Waals surface area contributed by atoms with Crippen LogP contribution in [0.1, 0.15) is 10.5 Å². The van der Waals surface area contributed by atoms with E-state index in [1.165, 1.54) is 7.11 Å². The van der Waals surface area contributed by atoms with Gasteiger partial charge >= 0.3 is 0 Å². The van der Waals surface area contributed by atoms with Crippen molar-refractivity contribution in [2.24, 2.45) is 0 Å². The molecule has 5 heteroatoms. The maximum Gasteiger partial charge on any atom is 0.223 e. The molecule has 1 aromatic carbocycles. The van der Waals surface area contributed by atoms with Gasteiger partial charge in [-0.1, -0.05) is 12.1 Å². The van der Waals surface area contributed by atoms with Gasteiger partial charge in [0.2, 0.25) is 5.28 Å². The minimum Gasteiger partial charge on any atom is -0.494 e. The summed E-state index contributed by atoms with van der Waals surface area (Å²) in [5, 5.41) is 0.669. The Morgan fingerprint density at radius 1 is 1.40 bits per heavy atom. The number of fused-ring (bicyclic) bond motifs is 1. The van der Waals surface area contributed by atoms with E-state index < -0.39 is 0 Å². The minimum absolute atomic E-state index is 0.0362. The smallest absolute Gasteiger partial charge is 0.223 e. The van der Waals surface area contributed by atoms with Crippen LogP contribution in [0.5, 0.6) is 5.75 Å². The van der Waals surface area contributed by atoms with E-state index in [2.05, 4.69) is 9.97 Å². The molecule has 0 fully saturated rings. The molecule has 2 aromatic rings. The summed E-state index contributed by atoms with van der Waals surface area (Å²) in [6.45, 7) is 0. The highest BCUT2D eigenvalue weighted by Crippen LogP contribution is 2.25. The highest BCUT2D eigenvalue weighted by atomic mass is 35.5. The average Bonchev–Trinajstić information content (AvgIpc) is 2.27. The number of rotatable bonds is 2. The number of nitrogens with zero attached hydrogens (tertiary/aromatic N) is 2. The van der Waals surface area contributed by atoms with Crippen LogP contribution in [-0.4, -0.2) is 23.4 Å². The van der Waals surface area contributed by atoms with Crippen molar-refractivity contribution >= 4 is 28.8 Å². The molecule has 0 N–H and O–H groups in total. The first-order valence-corrected chi connectivity index (χ1v) is 4.59. The number of ether oxygens (including phenoxy) is 1. The topological polar surface area (TPSA) is 52.1 Å². The molecule has 0 saturated carbocycles. The van der Waals surface area contributed by atoms with Crippen LogP contribution in [0.3, 0.4) is 0 Å². The molecule has 0 saturated heterocycles. The molecule has 0 aliphatic carbocycles. The number of carbonyl (C=O) groups excluding carboxylic acids is 1. The molecule has 0 aliphatic rings. The molecule has 0 aliphatic heterocycles. The number of halogens is 1. The van der Waals surface area contributed by atoms with E-state index in [0.717, 1.165) is 0 Å². The summed E-state index contributed by atoms with van der Waals surface area (Å²) in [7, 11) is 1.53. The van der Waals surface area contributed by atoms with Gasteiger partial charge in [0.25, 0.3) is 0 Å². The van der Waals surface area contributed by atoms with Gasteiger partial charge in [0.1, 0.15) is 17.0 Å². The molecule has 0 bridgehead atoms. The van der Waals surface area contributed by atoms with E-state index in [1.54, 1.807) is 18.2 Å². The first-order valence-electron chi connectivity index (χ1n) is 4.21. The standard InChI is InChI=1S/C10H7ClN2O2/c1-15-8-4-2-3-6-7(5-14)12-10(11)13-9(6)8/h2-5H,1H3. The number of aromatic nitrogens is 2. The average molecular weight is 223 g/mol. The lowest BCUT2D eigenvalue weighted by Gasteiger charge is -2.05. The van der Waals surface area contributed by atoms with Gasteiger partial charge in [-0.15, -0.1) is 0 Å². The van der Waals surface area contributed by atoms with Gasteiger partial charge in [-0.2, -0.15) is 0 Å². The van der Waals surface area contributed by atoms with E-state index in [-0.39, 0.29) is 11.0 Å². The zero-order chi connectivity index (χ0) is 10.8. The number of methoxy groups -OCH3 is 1. The van der Waals surface area contributed by atoms with Gasteiger partial charge in [0, 0.05) is 5.39 Å².